The van der Waals surface area contributed by atoms with E-state index in [1.54, 1.807) is 0 Å². The fourth-order valence-corrected chi connectivity index (χ4v) is 4.29. The van der Waals surface area contributed by atoms with E-state index in [4.69, 9.17) is 5.73 Å². The second kappa shape index (κ2) is 7.46. The summed E-state index contributed by atoms with van der Waals surface area (Å²) in [6.45, 7) is 4.94. The van der Waals surface area contributed by atoms with Crippen molar-refractivity contribution >= 4 is 10.0 Å². The first-order chi connectivity index (χ1) is 8.46. The van der Waals surface area contributed by atoms with Crippen LogP contribution in [-0.2, 0) is 10.0 Å². The van der Waals surface area contributed by atoms with Gasteiger partial charge in [-0.3, -0.25) is 0 Å². The lowest BCUT2D eigenvalue weighted by molar-refractivity contribution is 0.226. The molecule has 0 spiro atoms. The molecule has 2 unspecified atom stereocenters. The van der Waals surface area contributed by atoms with Gasteiger partial charge >= 0.3 is 0 Å². The topological polar surface area (TPSA) is 72.2 Å². The summed E-state index contributed by atoms with van der Waals surface area (Å²) in [6.07, 6.45) is 5.93. The van der Waals surface area contributed by atoms with Gasteiger partial charge in [0.1, 0.15) is 0 Å². The van der Waals surface area contributed by atoms with Gasteiger partial charge in [-0.05, 0) is 44.1 Å². The maximum absolute atomic E-state index is 12.0. The summed E-state index contributed by atoms with van der Waals surface area (Å²) in [5.41, 5.74) is 5.39. The van der Waals surface area contributed by atoms with Crippen molar-refractivity contribution in [3.8, 4) is 0 Å². The summed E-state index contributed by atoms with van der Waals surface area (Å²) in [5.74, 6) is 1.25. The van der Waals surface area contributed by atoms with Crippen molar-refractivity contribution < 1.29 is 8.42 Å². The Bertz CT molecular complexity index is 328. The molecule has 0 aromatic rings. The summed E-state index contributed by atoms with van der Waals surface area (Å²) in [4.78, 5) is 0. The lowest BCUT2D eigenvalue weighted by atomic mass is 9.78. The molecule has 0 aromatic carbocycles. The molecule has 2 atom stereocenters. The molecule has 0 amide bonds. The molecule has 1 fully saturated rings. The third-order valence-corrected chi connectivity index (χ3v) is 5.36. The van der Waals surface area contributed by atoms with Gasteiger partial charge in [-0.25, -0.2) is 13.1 Å². The third-order valence-electron chi connectivity index (χ3n) is 3.87. The van der Waals surface area contributed by atoms with E-state index in [9.17, 15) is 8.42 Å². The highest BCUT2D eigenvalue weighted by atomic mass is 32.2. The Hall–Kier alpha value is -0.130. The zero-order valence-corrected chi connectivity index (χ0v) is 12.5. The maximum atomic E-state index is 12.0. The Morgan fingerprint density at radius 1 is 1.22 bits per heavy atom. The van der Waals surface area contributed by atoms with E-state index >= 15 is 0 Å². The Balaban J connectivity index is 2.52. The van der Waals surface area contributed by atoms with Gasteiger partial charge in [0.05, 0.1) is 5.75 Å². The molecule has 0 heterocycles. The van der Waals surface area contributed by atoms with E-state index < -0.39 is 10.0 Å². The van der Waals surface area contributed by atoms with Crippen LogP contribution in [0.3, 0.4) is 0 Å². The van der Waals surface area contributed by atoms with Crippen LogP contribution in [0.15, 0.2) is 0 Å². The van der Waals surface area contributed by atoms with Crippen LogP contribution in [0.2, 0.25) is 0 Å². The van der Waals surface area contributed by atoms with Gasteiger partial charge in [-0.2, -0.15) is 0 Å². The fourth-order valence-electron chi connectivity index (χ4n) is 2.83. The Morgan fingerprint density at radius 2 is 1.89 bits per heavy atom. The van der Waals surface area contributed by atoms with Crippen LogP contribution in [-0.4, -0.2) is 26.8 Å². The summed E-state index contributed by atoms with van der Waals surface area (Å²) in [5, 5.41) is 0. The molecule has 1 saturated carbocycles. The van der Waals surface area contributed by atoms with Gasteiger partial charge in [0, 0.05) is 6.04 Å². The van der Waals surface area contributed by atoms with Crippen LogP contribution in [0.5, 0.6) is 0 Å². The highest BCUT2D eigenvalue weighted by molar-refractivity contribution is 7.89. The summed E-state index contributed by atoms with van der Waals surface area (Å²) < 4.78 is 26.9. The van der Waals surface area contributed by atoms with E-state index in [0.717, 1.165) is 25.7 Å². The molecular weight excluding hydrogens is 248 g/mol. The van der Waals surface area contributed by atoms with E-state index in [-0.39, 0.29) is 11.8 Å². The first-order valence-electron chi connectivity index (χ1n) is 7.16. The van der Waals surface area contributed by atoms with Crippen LogP contribution in [0.4, 0.5) is 0 Å². The summed E-state index contributed by atoms with van der Waals surface area (Å²) in [7, 11) is -3.13. The van der Waals surface area contributed by atoms with E-state index in [0.29, 0.717) is 24.8 Å². The van der Waals surface area contributed by atoms with Crippen LogP contribution in [0.25, 0.3) is 0 Å². The molecule has 1 aliphatic rings. The van der Waals surface area contributed by atoms with Crippen molar-refractivity contribution in [2.45, 2.75) is 58.4 Å². The van der Waals surface area contributed by atoms with Gasteiger partial charge < -0.3 is 5.73 Å². The normalized spacial score (nSPS) is 25.6. The Morgan fingerprint density at radius 3 is 2.50 bits per heavy atom. The minimum Gasteiger partial charge on any atom is -0.330 e. The lowest BCUT2D eigenvalue weighted by Gasteiger charge is -2.34. The van der Waals surface area contributed by atoms with Gasteiger partial charge in [-0.15, -0.1) is 0 Å². The number of hydrogen-bond acceptors (Lipinski definition) is 3. The molecule has 0 aromatic heterocycles. The quantitative estimate of drug-likeness (QED) is 0.697. The highest BCUT2D eigenvalue weighted by Gasteiger charge is 2.30. The molecule has 0 aliphatic heterocycles. The molecule has 108 valence electrons. The number of nitrogens with two attached hydrogens (primary N) is 1. The van der Waals surface area contributed by atoms with Crippen LogP contribution in [0, 0.1) is 11.8 Å². The average molecular weight is 276 g/mol. The maximum Gasteiger partial charge on any atom is 0.211 e. The van der Waals surface area contributed by atoms with Crippen molar-refractivity contribution in [1.82, 2.24) is 4.72 Å². The molecule has 4 nitrogen and oxygen atoms in total. The molecule has 3 N–H and O–H groups in total. The predicted molar refractivity (Wildman–Crippen MR) is 75.8 cm³/mol. The molecular formula is C13H28N2O2S. The number of hydrogen-bond donors (Lipinski definition) is 2. The van der Waals surface area contributed by atoms with E-state index in [2.05, 4.69) is 18.6 Å². The van der Waals surface area contributed by atoms with Crippen LogP contribution in [0.1, 0.15) is 52.4 Å². The Kier molecular flexibility index (Phi) is 6.60. The lowest BCUT2D eigenvalue weighted by Crippen LogP contribution is -2.44. The van der Waals surface area contributed by atoms with Crippen molar-refractivity contribution in [2.24, 2.45) is 17.6 Å². The van der Waals surface area contributed by atoms with Gasteiger partial charge in [0.2, 0.25) is 10.0 Å². The van der Waals surface area contributed by atoms with E-state index in [1.807, 2.05) is 0 Å². The number of nitrogens with one attached hydrogen (secondary N) is 1. The largest absolute Gasteiger partial charge is 0.330 e. The second-order valence-corrected chi connectivity index (χ2v) is 7.60. The molecule has 1 rings (SSSR count). The van der Waals surface area contributed by atoms with Crippen molar-refractivity contribution in [3.63, 3.8) is 0 Å². The monoisotopic (exact) mass is 276 g/mol. The van der Waals surface area contributed by atoms with Crippen molar-refractivity contribution in [2.75, 3.05) is 12.3 Å². The second-order valence-electron chi connectivity index (χ2n) is 5.73. The van der Waals surface area contributed by atoms with E-state index in [1.165, 1.54) is 6.42 Å². The van der Waals surface area contributed by atoms with Gasteiger partial charge in [0.25, 0.3) is 0 Å². The molecule has 5 heteroatoms. The van der Waals surface area contributed by atoms with Gasteiger partial charge in [-0.1, -0.05) is 26.7 Å². The molecule has 1 aliphatic carbocycles. The van der Waals surface area contributed by atoms with Gasteiger partial charge in [0.15, 0.2) is 0 Å². The SMILES string of the molecule is CC(C)C1CCCCC1NS(=O)(=O)CCCCN. The minimum atomic E-state index is -3.13. The highest BCUT2D eigenvalue weighted by Crippen LogP contribution is 2.30. The zero-order valence-electron chi connectivity index (χ0n) is 11.7. The first-order valence-corrected chi connectivity index (χ1v) is 8.81. The molecule has 0 radical (unpaired) electrons. The number of sulfonamides is 1. The summed E-state index contributed by atoms with van der Waals surface area (Å²) >= 11 is 0. The Labute approximate surface area is 112 Å². The first kappa shape index (κ1) is 15.9. The van der Waals surface area contributed by atoms with Crippen LogP contribution < -0.4 is 10.5 Å². The standard InChI is InChI=1S/C13H28N2O2S/c1-11(2)12-7-3-4-8-13(12)15-18(16,17)10-6-5-9-14/h11-13,15H,3-10,14H2,1-2H3. The average Bonchev–Trinajstić information content (AvgIpc) is 2.29. The van der Waals surface area contributed by atoms with Crippen LogP contribution >= 0.6 is 0 Å². The minimum absolute atomic E-state index is 0.140. The van der Waals surface area contributed by atoms with Crippen molar-refractivity contribution in [1.29, 1.82) is 0 Å². The molecule has 0 saturated heterocycles. The molecule has 18 heavy (non-hydrogen) atoms. The van der Waals surface area contributed by atoms with Crippen molar-refractivity contribution in [3.05, 3.63) is 0 Å². The summed E-state index contributed by atoms with van der Waals surface area (Å²) in [6, 6.07) is 0.140. The number of unbranched alkanes of at least 4 members (excludes halogenated alkanes) is 1. The fraction of sp³-hybridized carbons (Fsp3) is 1.00. The third kappa shape index (κ3) is 5.24. The molecule has 0 bridgehead atoms. The smallest absolute Gasteiger partial charge is 0.211 e. The number of rotatable bonds is 7. The predicted octanol–water partition coefficient (Wildman–Crippen LogP) is 1.86. The zero-order chi connectivity index (χ0) is 13.6.